The Morgan fingerprint density at radius 3 is 2.65 bits per heavy atom. The molecule has 0 saturated heterocycles. The third kappa shape index (κ3) is 3.80. The van der Waals surface area contributed by atoms with Gasteiger partial charge in [0.1, 0.15) is 0 Å². The van der Waals surface area contributed by atoms with Gasteiger partial charge in [-0.1, -0.05) is 63.8 Å². The molecule has 2 aromatic rings. The Labute approximate surface area is 122 Å². The van der Waals surface area contributed by atoms with Gasteiger partial charge >= 0.3 is 0 Å². The number of para-hydroxylation sites is 1. The van der Waals surface area contributed by atoms with E-state index < -0.39 is 0 Å². The normalized spacial score (nSPS) is 14.3. The summed E-state index contributed by atoms with van der Waals surface area (Å²) in [6.07, 6.45) is 6.10. The first-order valence-electron chi connectivity index (χ1n) is 7.85. The number of nitrogens with zero attached hydrogens (tertiary/aromatic N) is 1. The third-order valence-corrected chi connectivity index (χ3v) is 4.13. The molecule has 1 aromatic heterocycles. The molecule has 0 radical (unpaired) electrons. The van der Waals surface area contributed by atoms with Crippen molar-refractivity contribution in [2.24, 2.45) is 11.7 Å². The Bertz CT molecular complexity index is 536. The highest BCUT2D eigenvalue weighted by Crippen LogP contribution is 2.25. The van der Waals surface area contributed by atoms with E-state index in [1.807, 2.05) is 12.1 Å². The first-order valence-corrected chi connectivity index (χ1v) is 7.85. The minimum Gasteiger partial charge on any atom is -0.323 e. The molecule has 1 heterocycles. The molecule has 0 amide bonds. The second-order valence-corrected chi connectivity index (χ2v) is 5.69. The van der Waals surface area contributed by atoms with Crippen LogP contribution in [-0.4, -0.2) is 4.98 Å². The van der Waals surface area contributed by atoms with Gasteiger partial charge in [-0.2, -0.15) is 0 Å². The fraction of sp³-hybridized carbons (Fsp3) is 0.500. The molecule has 2 rings (SSSR count). The number of nitrogens with two attached hydrogens (primary N) is 1. The monoisotopic (exact) mass is 270 g/mol. The summed E-state index contributed by atoms with van der Waals surface area (Å²) in [6, 6.07) is 12.5. The summed E-state index contributed by atoms with van der Waals surface area (Å²) in [4.78, 5) is 4.72. The average Bonchev–Trinajstić information content (AvgIpc) is 2.50. The lowest BCUT2D eigenvalue weighted by molar-refractivity contribution is 0.386. The van der Waals surface area contributed by atoms with Crippen LogP contribution in [0.2, 0.25) is 0 Å². The van der Waals surface area contributed by atoms with E-state index in [4.69, 9.17) is 10.7 Å². The summed E-state index contributed by atoms with van der Waals surface area (Å²) in [5.41, 5.74) is 8.44. The number of unbranched alkanes of at least 4 members (excludes halogenated alkanes) is 1. The Morgan fingerprint density at radius 2 is 1.90 bits per heavy atom. The van der Waals surface area contributed by atoms with Crippen molar-refractivity contribution in [2.45, 2.75) is 52.0 Å². The van der Waals surface area contributed by atoms with Crippen LogP contribution in [0.1, 0.15) is 57.7 Å². The van der Waals surface area contributed by atoms with Crippen LogP contribution in [0.4, 0.5) is 0 Å². The second-order valence-electron chi connectivity index (χ2n) is 5.69. The minimum absolute atomic E-state index is 0.0569. The van der Waals surface area contributed by atoms with Gasteiger partial charge in [0.25, 0.3) is 0 Å². The topological polar surface area (TPSA) is 38.9 Å². The Balaban J connectivity index is 2.07. The highest BCUT2D eigenvalue weighted by atomic mass is 14.8. The van der Waals surface area contributed by atoms with Crippen LogP contribution < -0.4 is 5.73 Å². The van der Waals surface area contributed by atoms with Gasteiger partial charge in [-0.3, -0.25) is 4.98 Å². The van der Waals surface area contributed by atoms with Gasteiger partial charge in [-0.05, 0) is 24.5 Å². The molecule has 108 valence electrons. The average molecular weight is 270 g/mol. The molecule has 0 fully saturated rings. The lowest BCUT2D eigenvalue weighted by atomic mass is 9.91. The minimum atomic E-state index is 0.0569. The smallest absolute Gasteiger partial charge is 0.0706 e. The quantitative estimate of drug-likeness (QED) is 0.781. The molecule has 0 spiro atoms. The van der Waals surface area contributed by atoms with Crippen molar-refractivity contribution in [2.75, 3.05) is 0 Å². The summed E-state index contributed by atoms with van der Waals surface area (Å²) >= 11 is 0. The van der Waals surface area contributed by atoms with Gasteiger partial charge < -0.3 is 5.73 Å². The van der Waals surface area contributed by atoms with Crippen molar-refractivity contribution in [3.05, 3.63) is 42.1 Å². The SMILES string of the molecule is CCCCC(CC)CC(N)c1ccc2ccccc2n1. The highest BCUT2D eigenvalue weighted by molar-refractivity contribution is 5.78. The van der Waals surface area contributed by atoms with Crippen molar-refractivity contribution in [1.82, 2.24) is 4.98 Å². The fourth-order valence-corrected chi connectivity index (χ4v) is 2.75. The largest absolute Gasteiger partial charge is 0.323 e. The molecule has 0 aliphatic heterocycles. The number of fused-ring (bicyclic) bond motifs is 1. The Morgan fingerprint density at radius 1 is 1.10 bits per heavy atom. The van der Waals surface area contributed by atoms with E-state index in [0.29, 0.717) is 0 Å². The van der Waals surface area contributed by atoms with Crippen LogP contribution in [0.25, 0.3) is 10.9 Å². The molecule has 2 unspecified atom stereocenters. The summed E-state index contributed by atoms with van der Waals surface area (Å²) in [6.45, 7) is 4.51. The molecule has 2 nitrogen and oxygen atoms in total. The maximum absolute atomic E-state index is 6.37. The molecule has 0 saturated carbocycles. The molecular formula is C18H26N2. The lowest BCUT2D eigenvalue weighted by Crippen LogP contribution is -2.16. The predicted octanol–water partition coefficient (Wildman–Crippen LogP) is 4.84. The van der Waals surface area contributed by atoms with Crippen molar-refractivity contribution in [1.29, 1.82) is 0 Å². The fourth-order valence-electron chi connectivity index (χ4n) is 2.75. The summed E-state index contributed by atoms with van der Waals surface area (Å²) in [5.74, 6) is 0.721. The first kappa shape index (κ1) is 15.0. The van der Waals surface area contributed by atoms with E-state index in [2.05, 4.69) is 38.1 Å². The van der Waals surface area contributed by atoms with Crippen molar-refractivity contribution < 1.29 is 0 Å². The van der Waals surface area contributed by atoms with Gasteiger partial charge in [0, 0.05) is 11.4 Å². The number of aromatic nitrogens is 1. The molecule has 1 aromatic carbocycles. The van der Waals surface area contributed by atoms with Crippen molar-refractivity contribution >= 4 is 10.9 Å². The number of pyridine rings is 1. The van der Waals surface area contributed by atoms with E-state index in [1.165, 1.54) is 31.1 Å². The molecule has 0 bridgehead atoms. The van der Waals surface area contributed by atoms with Crippen LogP contribution in [0.5, 0.6) is 0 Å². The maximum Gasteiger partial charge on any atom is 0.0706 e. The zero-order valence-electron chi connectivity index (χ0n) is 12.7. The van der Waals surface area contributed by atoms with Gasteiger partial charge in [-0.15, -0.1) is 0 Å². The molecule has 2 atom stereocenters. The standard InChI is InChI=1S/C18H26N2/c1-3-5-8-14(4-2)13-16(19)18-12-11-15-9-6-7-10-17(15)20-18/h6-7,9-12,14,16H,3-5,8,13,19H2,1-2H3. The van der Waals surface area contributed by atoms with Crippen molar-refractivity contribution in [3.8, 4) is 0 Å². The van der Waals surface area contributed by atoms with Gasteiger partial charge in [0.05, 0.1) is 11.2 Å². The number of rotatable bonds is 7. The van der Waals surface area contributed by atoms with E-state index in [9.17, 15) is 0 Å². The van der Waals surface area contributed by atoms with Gasteiger partial charge in [0.15, 0.2) is 0 Å². The summed E-state index contributed by atoms with van der Waals surface area (Å²) in [5, 5.41) is 1.18. The van der Waals surface area contributed by atoms with E-state index >= 15 is 0 Å². The Kier molecular flexibility index (Phi) is 5.54. The molecule has 0 aliphatic carbocycles. The predicted molar refractivity (Wildman–Crippen MR) is 86.6 cm³/mol. The summed E-state index contributed by atoms with van der Waals surface area (Å²) < 4.78 is 0. The van der Waals surface area contributed by atoms with Crippen LogP contribution in [0, 0.1) is 5.92 Å². The zero-order chi connectivity index (χ0) is 14.4. The summed E-state index contributed by atoms with van der Waals surface area (Å²) in [7, 11) is 0. The van der Waals surface area contributed by atoms with E-state index in [-0.39, 0.29) is 6.04 Å². The Hall–Kier alpha value is -1.41. The number of hydrogen-bond donors (Lipinski definition) is 1. The first-order chi connectivity index (χ1) is 9.74. The third-order valence-electron chi connectivity index (χ3n) is 4.13. The molecule has 2 N–H and O–H groups in total. The van der Waals surface area contributed by atoms with Crippen LogP contribution in [0.3, 0.4) is 0 Å². The van der Waals surface area contributed by atoms with Crippen LogP contribution in [0.15, 0.2) is 36.4 Å². The van der Waals surface area contributed by atoms with E-state index in [1.54, 1.807) is 0 Å². The van der Waals surface area contributed by atoms with Crippen molar-refractivity contribution in [3.63, 3.8) is 0 Å². The maximum atomic E-state index is 6.37. The number of hydrogen-bond acceptors (Lipinski definition) is 2. The molecule has 2 heteroatoms. The molecule has 0 aliphatic rings. The van der Waals surface area contributed by atoms with Gasteiger partial charge in [0.2, 0.25) is 0 Å². The lowest BCUT2D eigenvalue weighted by Gasteiger charge is -2.19. The second kappa shape index (κ2) is 7.39. The van der Waals surface area contributed by atoms with E-state index in [0.717, 1.165) is 23.5 Å². The van der Waals surface area contributed by atoms with Gasteiger partial charge in [-0.25, -0.2) is 0 Å². The highest BCUT2D eigenvalue weighted by Gasteiger charge is 2.14. The van der Waals surface area contributed by atoms with Crippen LogP contribution in [-0.2, 0) is 0 Å². The molecule has 20 heavy (non-hydrogen) atoms. The number of benzene rings is 1. The van der Waals surface area contributed by atoms with Crippen LogP contribution >= 0.6 is 0 Å². The zero-order valence-corrected chi connectivity index (χ0v) is 12.7. The molecular weight excluding hydrogens is 244 g/mol.